The van der Waals surface area contributed by atoms with E-state index >= 15 is 0 Å². The molecule has 0 amide bonds. The van der Waals surface area contributed by atoms with Gasteiger partial charge < -0.3 is 5.11 Å². The van der Waals surface area contributed by atoms with Gasteiger partial charge >= 0.3 is 6.18 Å². The van der Waals surface area contributed by atoms with Gasteiger partial charge in [0.15, 0.2) is 5.60 Å². The molecule has 7 heteroatoms. The Kier molecular flexibility index (Phi) is 3.19. The summed E-state index contributed by atoms with van der Waals surface area (Å²) in [7, 11) is 0. The minimum absolute atomic E-state index is 0.113. The first-order valence-electron chi connectivity index (χ1n) is 3.77. The van der Waals surface area contributed by atoms with Crippen molar-refractivity contribution in [2.24, 2.45) is 0 Å². The molecule has 84 valence electrons. The number of aliphatic hydroxyl groups is 1. The molecule has 15 heavy (non-hydrogen) atoms. The third-order valence-electron chi connectivity index (χ3n) is 1.91. The van der Waals surface area contributed by atoms with E-state index < -0.39 is 17.3 Å². The van der Waals surface area contributed by atoms with Crippen LogP contribution < -0.4 is 0 Å². The number of nitrogens with zero attached hydrogens (tertiary/aromatic N) is 1. The lowest BCUT2D eigenvalue weighted by Gasteiger charge is -2.26. The molecule has 0 radical (unpaired) electrons. The summed E-state index contributed by atoms with van der Waals surface area (Å²) in [6, 6.07) is 0.935. The van der Waals surface area contributed by atoms with Gasteiger partial charge in [0.1, 0.15) is 5.15 Å². The number of hydrogen-bond acceptors (Lipinski definition) is 2. The van der Waals surface area contributed by atoms with Crippen molar-refractivity contribution in [3.63, 3.8) is 0 Å². The molecule has 1 atom stereocenters. The summed E-state index contributed by atoms with van der Waals surface area (Å²) in [6.07, 6.45) is -3.96. The van der Waals surface area contributed by atoms with Crippen LogP contribution in [0.3, 0.4) is 0 Å². The van der Waals surface area contributed by atoms with Crippen LogP contribution in [0.25, 0.3) is 0 Å². The van der Waals surface area contributed by atoms with Gasteiger partial charge in [-0.05, 0) is 13.0 Å². The summed E-state index contributed by atoms with van der Waals surface area (Å²) in [5, 5.41) is 9.02. The lowest BCUT2D eigenvalue weighted by molar-refractivity contribution is -0.259. The Bertz CT molecular complexity index is 379. The SMILES string of the molecule is CC(O)(c1cnc(Cl)c(Cl)c1)C(F)(F)F. The normalized spacial score (nSPS) is 16.2. The van der Waals surface area contributed by atoms with Gasteiger partial charge in [-0.1, -0.05) is 23.2 Å². The van der Waals surface area contributed by atoms with E-state index in [4.69, 9.17) is 23.2 Å². The van der Waals surface area contributed by atoms with Gasteiger partial charge in [-0.25, -0.2) is 4.98 Å². The number of hydrogen-bond donors (Lipinski definition) is 1. The topological polar surface area (TPSA) is 33.1 Å². The molecule has 0 saturated carbocycles. The molecule has 0 fully saturated rings. The van der Waals surface area contributed by atoms with Crippen LogP contribution in [0.15, 0.2) is 12.3 Å². The zero-order valence-electron chi connectivity index (χ0n) is 7.44. The van der Waals surface area contributed by atoms with E-state index in [9.17, 15) is 18.3 Å². The minimum Gasteiger partial charge on any atom is -0.376 e. The third-order valence-corrected chi connectivity index (χ3v) is 2.60. The second-order valence-corrected chi connectivity index (χ2v) is 3.83. The van der Waals surface area contributed by atoms with Crippen molar-refractivity contribution < 1.29 is 18.3 Å². The van der Waals surface area contributed by atoms with Crippen molar-refractivity contribution >= 4 is 23.2 Å². The van der Waals surface area contributed by atoms with E-state index in [1.807, 2.05) is 0 Å². The van der Waals surface area contributed by atoms with E-state index in [0.717, 1.165) is 12.3 Å². The Labute approximate surface area is 93.6 Å². The van der Waals surface area contributed by atoms with Crippen molar-refractivity contribution in [2.75, 3.05) is 0 Å². The van der Waals surface area contributed by atoms with Crippen molar-refractivity contribution in [1.82, 2.24) is 4.98 Å². The Balaban J connectivity index is 3.22. The van der Waals surface area contributed by atoms with E-state index in [1.54, 1.807) is 0 Å². The van der Waals surface area contributed by atoms with Crippen LogP contribution in [0.4, 0.5) is 13.2 Å². The number of aromatic nitrogens is 1. The monoisotopic (exact) mass is 259 g/mol. The van der Waals surface area contributed by atoms with Crippen LogP contribution in [0.2, 0.25) is 10.2 Å². The molecule has 0 bridgehead atoms. The molecule has 1 unspecified atom stereocenters. The summed E-state index contributed by atoms with van der Waals surface area (Å²) in [5.74, 6) is 0. The molecular weight excluding hydrogens is 254 g/mol. The molecular formula is C8H6Cl2F3NO. The van der Waals surface area contributed by atoms with Crippen molar-refractivity contribution in [2.45, 2.75) is 18.7 Å². The quantitative estimate of drug-likeness (QED) is 0.787. The largest absolute Gasteiger partial charge is 0.421 e. The fourth-order valence-electron chi connectivity index (χ4n) is 0.851. The summed E-state index contributed by atoms with van der Waals surface area (Å²) in [6.45, 7) is 0.619. The molecule has 1 rings (SSSR count). The van der Waals surface area contributed by atoms with Gasteiger partial charge in [0, 0.05) is 11.8 Å². The zero-order chi connectivity index (χ0) is 11.9. The van der Waals surface area contributed by atoms with E-state index in [-0.39, 0.29) is 10.2 Å². The Morgan fingerprint density at radius 2 is 1.87 bits per heavy atom. The Morgan fingerprint density at radius 3 is 2.27 bits per heavy atom. The fraction of sp³-hybridized carbons (Fsp3) is 0.375. The van der Waals surface area contributed by atoms with Crippen molar-refractivity contribution in [3.05, 3.63) is 28.0 Å². The van der Waals surface area contributed by atoms with Crippen LogP contribution in [0, 0.1) is 0 Å². The smallest absolute Gasteiger partial charge is 0.376 e. The molecule has 1 aromatic rings. The summed E-state index contributed by atoms with van der Waals surface area (Å²) < 4.78 is 37.2. The average Bonchev–Trinajstić information content (AvgIpc) is 2.07. The molecule has 1 N–H and O–H groups in total. The van der Waals surface area contributed by atoms with Crippen LogP contribution in [-0.2, 0) is 5.60 Å². The highest BCUT2D eigenvalue weighted by Crippen LogP contribution is 2.39. The Hall–Kier alpha value is -0.520. The molecule has 0 aromatic carbocycles. The molecule has 2 nitrogen and oxygen atoms in total. The van der Waals surface area contributed by atoms with Gasteiger partial charge in [-0.2, -0.15) is 13.2 Å². The molecule has 0 aliphatic heterocycles. The summed E-state index contributed by atoms with van der Waals surface area (Å²) in [5.41, 5.74) is -3.45. The first-order chi connectivity index (χ1) is 6.66. The third kappa shape index (κ3) is 2.35. The number of alkyl halides is 3. The second kappa shape index (κ2) is 3.81. The average molecular weight is 260 g/mol. The van der Waals surface area contributed by atoms with Crippen molar-refractivity contribution in [3.8, 4) is 0 Å². The number of pyridine rings is 1. The standard InChI is InChI=1S/C8H6Cl2F3NO/c1-7(15,8(11,12)13)4-2-5(9)6(10)14-3-4/h2-3,15H,1H3. The highest BCUT2D eigenvalue weighted by Gasteiger charge is 2.51. The van der Waals surface area contributed by atoms with Gasteiger partial charge in [0.25, 0.3) is 0 Å². The fourth-order valence-corrected chi connectivity index (χ4v) is 1.12. The van der Waals surface area contributed by atoms with Gasteiger partial charge in [-0.15, -0.1) is 0 Å². The molecule has 0 spiro atoms. The predicted octanol–water partition coefficient (Wildman–Crippen LogP) is 3.16. The number of halogens is 5. The highest BCUT2D eigenvalue weighted by molar-refractivity contribution is 6.41. The summed E-state index contributed by atoms with van der Waals surface area (Å²) in [4.78, 5) is 3.43. The predicted molar refractivity (Wildman–Crippen MR) is 49.9 cm³/mol. The van der Waals surface area contributed by atoms with Crippen LogP contribution >= 0.6 is 23.2 Å². The zero-order valence-corrected chi connectivity index (χ0v) is 8.95. The first kappa shape index (κ1) is 12.5. The van der Waals surface area contributed by atoms with E-state index in [2.05, 4.69) is 4.98 Å². The molecule has 0 aliphatic carbocycles. The second-order valence-electron chi connectivity index (χ2n) is 3.07. The number of rotatable bonds is 1. The lowest BCUT2D eigenvalue weighted by atomic mass is 9.97. The summed E-state index contributed by atoms with van der Waals surface area (Å²) >= 11 is 10.9. The molecule has 1 aromatic heterocycles. The first-order valence-corrected chi connectivity index (χ1v) is 4.52. The van der Waals surface area contributed by atoms with Gasteiger partial charge in [0.2, 0.25) is 0 Å². The van der Waals surface area contributed by atoms with Crippen LogP contribution in [0.5, 0.6) is 0 Å². The molecule has 0 saturated heterocycles. The lowest BCUT2D eigenvalue weighted by Crippen LogP contribution is -2.39. The maximum absolute atomic E-state index is 12.4. The molecule has 1 heterocycles. The van der Waals surface area contributed by atoms with Crippen molar-refractivity contribution in [1.29, 1.82) is 0 Å². The maximum atomic E-state index is 12.4. The maximum Gasteiger partial charge on any atom is 0.421 e. The van der Waals surface area contributed by atoms with Crippen LogP contribution in [0.1, 0.15) is 12.5 Å². The van der Waals surface area contributed by atoms with Gasteiger partial charge in [-0.3, -0.25) is 0 Å². The van der Waals surface area contributed by atoms with E-state index in [0.29, 0.717) is 6.92 Å². The van der Waals surface area contributed by atoms with E-state index in [1.165, 1.54) is 0 Å². The van der Waals surface area contributed by atoms with Crippen LogP contribution in [-0.4, -0.2) is 16.3 Å². The Morgan fingerprint density at radius 1 is 1.33 bits per heavy atom. The highest BCUT2D eigenvalue weighted by atomic mass is 35.5. The van der Waals surface area contributed by atoms with Gasteiger partial charge in [0.05, 0.1) is 5.02 Å². The minimum atomic E-state index is -4.80. The molecule has 0 aliphatic rings.